The van der Waals surface area contributed by atoms with Crippen LogP contribution in [0.4, 0.5) is 0 Å². The number of esters is 2. The molecule has 0 unspecified atom stereocenters. The smallest absolute Gasteiger partial charge is 0.362 e. The first-order valence-corrected chi connectivity index (χ1v) is 22.0. The highest BCUT2D eigenvalue weighted by Crippen LogP contribution is 2.34. The molecule has 0 fully saturated rings. The summed E-state index contributed by atoms with van der Waals surface area (Å²) in [6.45, 7) is 0. The van der Waals surface area contributed by atoms with Gasteiger partial charge in [-0.15, -0.1) is 0 Å². The maximum Gasteiger partial charge on any atom is 0.362 e. The number of nitrogens with one attached hydrogen (secondary N) is 2. The van der Waals surface area contributed by atoms with Gasteiger partial charge in [0.2, 0.25) is 0 Å². The van der Waals surface area contributed by atoms with Gasteiger partial charge in [0.15, 0.2) is 0 Å². The number of phenolic OH excluding ortho intramolecular Hbond substituents is 1. The topological polar surface area (TPSA) is 801 Å². The summed E-state index contributed by atoms with van der Waals surface area (Å²) in [7, 11) is 0. The van der Waals surface area contributed by atoms with E-state index >= 15 is 0 Å². The molecule has 0 atom stereocenters. The second-order valence-corrected chi connectivity index (χ2v) is 16.0. The van der Waals surface area contributed by atoms with Crippen molar-refractivity contribution < 1.29 is 198 Å². The van der Waals surface area contributed by atoms with E-state index in [1.807, 2.05) is 0 Å². The van der Waals surface area contributed by atoms with Gasteiger partial charge in [-0.25, -0.2) is 101 Å². The van der Waals surface area contributed by atoms with E-state index in [4.69, 9.17) is 71.5 Å². The number of rotatable bonds is 20. The standard InChI is InChI=1S/C17H8N2O15.2C12H6O12.C7H6O3/c20-3-1-2(18-17(33)19-3)15(31)34-16(32)9-7(13(27)28)5(11(23)24)4(10(21)22)6(12(25)26)8(9)14(29)30;2*13-7(14)1-2(8(15)16)4(10(19)20)6(12(23)24)5(11(21)22)3(1)9(17)18;8-6-3-1-5(2-4-6)7(9)10/h1H,(H,21,22)(H,23,24)(H,25,26)(H,27,28)(H,29,30)(H2,18,19,20,33);2*(H,13,14)(H,15,16)(H,17,18)(H,19,20)(H,21,22)(H,23,24);1-4,8H,(H,9,10). The number of H-pyrrole nitrogens is 2. The van der Waals surface area contributed by atoms with E-state index in [9.17, 15) is 131 Å². The van der Waals surface area contributed by atoms with Gasteiger partial charge in [-0.05, 0) is 24.3 Å². The third-order valence-corrected chi connectivity index (χ3v) is 10.6. The maximum atomic E-state index is 12.6. The zero-order valence-electron chi connectivity index (χ0n) is 43.3. The van der Waals surface area contributed by atoms with Crippen molar-refractivity contribution >= 4 is 119 Å². The van der Waals surface area contributed by atoms with Crippen LogP contribution in [0.1, 0.15) is 207 Å². The molecule has 0 saturated carbocycles. The largest absolute Gasteiger partial charge is 0.508 e. The number of hydrogen-bond donors (Lipinski definition) is 21. The fraction of sp³-hybridized carbons (Fsp3) is 0. The van der Waals surface area contributed by atoms with Crippen LogP contribution in [0.3, 0.4) is 0 Å². The minimum atomic E-state index is -2.40. The average molecular weight is 1300 g/mol. The van der Waals surface area contributed by atoms with Gasteiger partial charge in [-0.1, -0.05) is 0 Å². The number of hydrogen-bond acceptors (Lipinski definition) is 24. The van der Waals surface area contributed by atoms with Crippen LogP contribution in [0.25, 0.3) is 0 Å². The maximum absolute atomic E-state index is 12.6. The third-order valence-electron chi connectivity index (χ3n) is 10.6. The molecular formula is C48H26N2O42. The molecule has 0 spiro atoms. The van der Waals surface area contributed by atoms with Crippen molar-refractivity contribution in [2.24, 2.45) is 0 Å². The lowest BCUT2D eigenvalue weighted by atomic mass is 9.86. The van der Waals surface area contributed by atoms with Crippen LogP contribution in [0.15, 0.2) is 39.9 Å². The van der Waals surface area contributed by atoms with Crippen LogP contribution in [-0.2, 0) is 4.74 Å². The summed E-state index contributed by atoms with van der Waals surface area (Å²) in [5.41, 5.74) is -33.9. The molecule has 5 rings (SSSR count). The lowest BCUT2D eigenvalue weighted by molar-refractivity contribution is 0.0377. The van der Waals surface area contributed by atoms with E-state index in [0.29, 0.717) is 6.07 Å². The average Bonchev–Trinajstić information content (AvgIpc) is 0.773. The summed E-state index contributed by atoms with van der Waals surface area (Å²) >= 11 is 0. The molecule has 44 nitrogen and oxygen atoms in total. The van der Waals surface area contributed by atoms with Crippen molar-refractivity contribution in [2.45, 2.75) is 0 Å². The first kappa shape index (κ1) is 73.1. The number of aromatic hydroxyl groups is 1. The van der Waals surface area contributed by atoms with Gasteiger partial charge in [-0.2, -0.15) is 0 Å². The van der Waals surface area contributed by atoms with Gasteiger partial charge in [0, 0.05) is 6.07 Å². The minimum absolute atomic E-state index is 0.0741. The van der Waals surface area contributed by atoms with E-state index in [1.54, 1.807) is 9.97 Å². The summed E-state index contributed by atoms with van der Waals surface area (Å²) in [5, 5.41) is 172. The zero-order chi connectivity index (χ0) is 71.5. The molecule has 5 aromatic rings. The molecule has 1 heterocycles. The van der Waals surface area contributed by atoms with Crippen molar-refractivity contribution in [1.82, 2.24) is 9.97 Å². The van der Waals surface area contributed by atoms with Crippen LogP contribution >= 0.6 is 0 Å². The molecule has 92 heavy (non-hydrogen) atoms. The molecule has 0 aliphatic rings. The van der Waals surface area contributed by atoms with E-state index in [1.165, 1.54) is 24.3 Å². The Labute approximate surface area is 494 Å². The highest BCUT2D eigenvalue weighted by Gasteiger charge is 2.44. The Morgan fingerprint density at radius 2 is 0.435 bits per heavy atom. The monoisotopic (exact) mass is 1300 g/mol. The molecule has 0 saturated heterocycles. The van der Waals surface area contributed by atoms with Crippen molar-refractivity contribution in [2.75, 3.05) is 0 Å². The Hall–Kier alpha value is -15.0. The van der Waals surface area contributed by atoms with Gasteiger partial charge < -0.3 is 107 Å². The number of ether oxygens (including phenoxy) is 1. The Morgan fingerprint density at radius 3 is 0.598 bits per heavy atom. The predicted octanol–water partition coefficient (Wildman–Crippen LogP) is -0.607. The summed E-state index contributed by atoms with van der Waals surface area (Å²) in [4.78, 5) is 254. The van der Waals surface area contributed by atoms with E-state index in [0.717, 1.165) is 0 Å². The number of carbonyl (C=O) groups is 20. The lowest BCUT2D eigenvalue weighted by Crippen LogP contribution is -2.30. The summed E-state index contributed by atoms with van der Waals surface area (Å²) in [6.07, 6.45) is 0. The normalized spacial score (nSPS) is 10.0. The van der Waals surface area contributed by atoms with Gasteiger partial charge in [0.1, 0.15) is 11.4 Å². The number of aromatic nitrogens is 2. The van der Waals surface area contributed by atoms with Crippen LogP contribution in [0, 0.1) is 0 Å². The molecule has 44 heteroatoms. The third kappa shape index (κ3) is 15.4. The summed E-state index contributed by atoms with van der Waals surface area (Å²) in [6, 6.07) is 5.77. The molecule has 0 amide bonds. The second-order valence-electron chi connectivity index (χ2n) is 16.0. The minimum Gasteiger partial charge on any atom is -0.508 e. The molecule has 0 radical (unpaired) electrons. The SMILES string of the molecule is O=C(O)c1c(C(=O)O)c(C(=O)O)c(C(=O)O)c(C(=O)O)c1C(=O)O.O=C(O)c1c(C(=O)O)c(C(=O)O)c(C(=O)O)c(C(=O)O)c1C(=O)O.O=C(O)c1ccc(O)cc1.O=C(OC(=O)c1c(C(=O)O)c(C(=O)O)c(C(=O)O)c(C(=O)O)c1C(=O)O)c1cc(=O)[nH]c(=O)[nH]1. The van der Waals surface area contributed by atoms with Crippen LogP contribution in [0.5, 0.6) is 5.75 Å². The molecule has 1 aromatic heterocycles. The lowest BCUT2D eigenvalue weighted by Gasteiger charge is -2.17. The van der Waals surface area contributed by atoms with Gasteiger partial charge in [-0.3, -0.25) is 9.78 Å². The van der Waals surface area contributed by atoms with Crippen LogP contribution in [0.2, 0.25) is 0 Å². The highest BCUT2D eigenvalue weighted by atomic mass is 16.6. The Bertz CT molecular complexity index is 3760. The van der Waals surface area contributed by atoms with Crippen molar-refractivity contribution in [3.8, 4) is 5.75 Å². The van der Waals surface area contributed by atoms with Crippen molar-refractivity contribution in [1.29, 1.82) is 0 Å². The first-order valence-electron chi connectivity index (χ1n) is 22.0. The number of carbonyl (C=O) groups excluding carboxylic acids is 2. The summed E-state index contributed by atoms with van der Waals surface area (Å²) < 4.78 is 4.22. The fourth-order valence-corrected chi connectivity index (χ4v) is 7.46. The Kier molecular flexibility index (Phi) is 22.8. The molecule has 480 valence electrons. The molecule has 21 N–H and O–H groups in total. The second kappa shape index (κ2) is 28.7. The number of carboxylic acids is 18. The Morgan fingerprint density at radius 1 is 0.250 bits per heavy atom. The molecular weight excluding hydrogens is 1280 g/mol. The molecule has 4 aromatic carbocycles. The van der Waals surface area contributed by atoms with Crippen molar-refractivity contribution in [3.63, 3.8) is 0 Å². The molecule has 0 aliphatic heterocycles. The number of carboxylic acid groups (broad SMARTS) is 18. The molecule has 0 bridgehead atoms. The van der Waals surface area contributed by atoms with Gasteiger partial charge in [0.25, 0.3) is 5.56 Å². The summed E-state index contributed by atoms with van der Waals surface area (Å²) in [5.74, 6) is -44.0. The quantitative estimate of drug-likeness (QED) is 0.0341. The zero-order valence-corrected chi connectivity index (χ0v) is 43.3. The highest BCUT2D eigenvalue weighted by molar-refractivity contribution is 6.26. The van der Waals surface area contributed by atoms with Gasteiger partial charge in [0.05, 0.1) is 106 Å². The van der Waals surface area contributed by atoms with Gasteiger partial charge >= 0.3 is 125 Å². The van der Waals surface area contributed by atoms with E-state index < -0.39 is 236 Å². The fourth-order valence-electron chi connectivity index (χ4n) is 7.46. The Balaban J connectivity index is 0.000000444. The molecule has 0 aliphatic carbocycles. The van der Waals surface area contributed by atoms with E-state index in [-0.39, 0.29) is 11.3 Å². The number of benzene rings is 4. The van der Waals surface area contributed by atoms with Crippen LogP contribution in [-0.4, -0.2) is 226 Å². The van der Waals surface area contributed by atoms with Crippen molar-refractivity contribution in [3.05, 3.63) is 163 Å². The predicted molar refractivity (Wildman–Crippen MR) is 270 cm³/mol. The number of aromatic amines is 2. The first-order chi connectivity index (χ1) is 42.2. The van der Waals surface area contributed by atoms with E-state index in [2.05, 4.69) is 4.74 Å². The number of phenols is 1. The van der Waals surface area contributed by atoms with Crippen LogP contribution < -0.4 is 11.2 Å². The number of aromatic carboxylic acids is 18.